The van der Waals surface area contributed by atoms with Crippen molar-refractivity contribution in [3.63, 3.8) is 0 Å². The van der Waals surface area contributed by atoms with E-state index in [0.29, 0.717) is 5.92 Å². The summed E-state index contributed by atoms with van der Waals surface area (Å²) in [6, 6.07) is 6.08. The lowest BCUT2D eigenvalue weighted by Gasteiger charge is -2.22. The number of aryl methyl sites for hydroxylation is 1. The van der Waals surface area contributed by atoms with Gasteiger partial charge in [-0.25, -0.2) is 4.79 Å². The van der Waals surface area contributed by atoms with Crippen molar-refractivity contribution in [3.8, 4) is 5.75 Å². The summed E-state index contributed by atoms with van der Waals surface area (Å²) in [5, 5.41) is 0. The molecule has 1 aromatic carbocycles. The van der Waals surface area contributed by atoms with Crippen molar-refractivity contribution in [2.75, 3.05) is 13.7 Å². The molecule has 4 heteroatoms. The molecule has 0 aliphatic carbocycles. The van der Waals surface area contributed by atoms with Crippen molar-refractivity contribution < 1.29 is 14.3 Å². The van der Waals surface area contributed by atoms with E-state index in [9.17, 15) is 4.79 Å². The average Bonchev–Trinajstić information content (AvgIpc) is 2.36. The van der Waals surface area contributed by atoms with Gasteiger partial charge in [-0.3, -0.25) is 0 Å². The highest BCUT2D eigenvalue weighted by Gasteiger charge is 2.30. The largest absolute Gasteiger partial charge is 0.491 e. The lowest BCUT2D eigenvalue weighted by Crippen LogP contribution is -2.50. The Kier molecular flexibility index (Phi) is 4.95. The molecule has 106 valence electrons. The zero-order valence-corrected chi connectivity index (χ0v) is 12.3. The second-order valence-electron chi connectivity index (χ2n) is 5.38. The predicted octanol–water partition coefficient (Wildman–Crippen LogP) is 2.39. The monoisotopic (exact) mass is 265 g/mol. The molecule has 0 saturated carbocycles. The first kappa shape index (κ1) is 15.5. The lowest BCUT2D eigenvalue weighted by atomic mass is 10.0. The Morgan fingerprint density at radius 2 is 2.05 bits per heavy atom. The van der Waals surface area contributed by atoms with Gasteiger partial charge in [0.15, 0.2) is 0 Å². The Bertz CT molecular complexity index is 453. The van der Waals surface area contributed by atoms with Crippen LogP contribution in [-0.4, -0.2) is 25.2 Å². The fourth-order valence-electron chi connectivity index (χ4n) is 1.65. The van der Waals surface area contributed by atoms with Gasteiger partial charge in [-0.05, 0) is 37.0 Å². The van der Waals surface area contributed by atoms with E-state index in [4.69, 9.17) is 10.5 Å². The summed E-state index contributed by atoms with van der Waals surface area (Å²) >= 11 is 0. The SMILES string of the molecule is COC(=O)C(C)(N)COc1cc(C(C)C)ccc1C. The van der Waals surface area contributed by atoms with E-state index in [1.54, 1.807) is 6.92 Å². The first-order chi connectivity index (χ1) is 8.77. The summed E-state index contributed by atoms with van der Waals surface area (Å²) in [6.45, 7) is 7.89. The molecule has 1 rings (SSSR count). The molecule has 0 heterocycles. The number of carbonyl (C=O) groups is 1. The highest BCUT2D eigenvalue weighted by atomic mass is 16.5. The van der Waals surface area contributed by atoms with Crippen LogP contribution in [0.15, 0.2) is 18.2 Å². The predicted molar refractivity (Wildman–Crippen MR) is 75.4 cm³/mol. The molecule has 1 atom stereocenters. The van der Waals surface area contributed by atoms with Crippen molar-refractivity contribution in [3.05, 3.63) is 29.3 Å². The summed E-state index contributed by atoms with van der Waals surface area (Å²) < 4.78 is 10.3. The molecule has 0 aliphatic heterocycles. The van der Waals surface area contributed by atoms with Gasteiger partial charge in [-0.1, -0.05) is 26.0 Å². The Balaban J connectivity index is 2.83. The van der Waals surface area contributed by atoms with Crippen LogP contribution in [0.3, 0.4) is 0 Å². The van der Waals surface area contributed by atoms with Crippen LogP contribution in [0.4, 0.5) is 0 Å². The van der Waals surface area contributed by atoms with Gasteiger partial charge in [0.25, 0.3) is 0 Å². The summed E-state index contributed by atoms with van der Waals surface area (Å²) in [7, 11) is 1.32. The van der Waals surface area contributed by atoms with Crippen LogP contribution < -0.4 is 10.5 Å². The zero-order valence-electron chi connectivity index (χ0n) is 12.3. The minimum atomic E-state index is -1.14. The quantitative estimate of drug-likeness (QED) is 0.830. The molecule has 19 heavy (non-hydrogen) atoms. The molecule has 1 unspecified atom stereocenters. The fourth-order valence-corrected chi connectivity index (χ4v) is 1.65. The first-order valence-electron chi connectivity index (χ1n) is 6.38. The highest BCUT2D eigenvalue weighted by molar-refractivity contribution is 5.80. The van der Waals surface area contributed by atoms with Crippen LogP contribution in [0, 0.1) is 6.92 Å². The Morgan fingerprint density at radius 3 is 2.58 bits per heavy atom. The van der Waals surface area contributed by atoms with Crippen molar-refractivity contribution >= 4 is 5.97 Å². The summed E-state index contributed by atoms with van der Waals surface area (Å²) in [4.78, 5) is 11.5. The number of hydrogen-bond acceptors (Lipinski definition) is 4. The molecule has 0 bridgehead atoms. The number of benzene rings is 1. The first-order valence-corrected chi connectivity index (χ1v) is 6.38. The van der Waals surface area contributed by atoms with E-state index >= 15 is 0 Å². The summed E-state index contributed by atoms with van der Waals surface area (Å²) in [5.41, 5.74) is 6.93. The second kappa shape index (κ2) is 6.06. The maximum atomic E-state index is 11.5. The van der Waals surface area contributed by atoms with Gasteiger partial charge >= 0.3 is 5.97 Å². The lowest BCUT2D eigenvalue weighted by molar-refractivity contribution is -0.147. The second-order valence-corrected chi connectivity index (χ2v) is 5.38. The van der Waals surface area contributed by atoms with Crippen molar-refractivity contribution in [2.45, 2.75) is 39.2 Å². The van der Waals surface area contributed by atoms with Gasteiger partial charge in [0.05, 0.1) is 7.11 Å². The standard InChI is InChI=1S/C15H23NO3/c1-10(2)12-7-6-11(3)13(8-12)19-9-15(4,16)14(17)18-5/h6-8,10H,9,16H2,1-5H3. The molecule has 0 aliphatic rings. The van der Waals surface area contributed by atoms with Crippen LogP contribution >= 0.6 is 0 Å². The Morgan fingerprint density at radius 1 is 1.42 bits per heavy atom. The van der Waals surface area contributed by atoms with Crippen molar-refractivity contribution in [1.29, 1.82) is 0 Å². The normalized spacial score (nSPS) is 14.1. The maximum Gasteiger partial charge on any atom is 0.329 e. The molecule has 0 amide bonds. The molecule has 0 radical (unpaired) electrons. The number of hydrogen-bond donors (Lipinski definition) is 1. The molecule has 0 aromatic heterocycles. The van der Waals surface area contributed by atoms with E-state index in [2.05, 4.69) is 24.7 Å². The number of rotatable bonds is 5. The third-order valence-electron chi connectivity index (χ3n) is 3.06. The molecule has 0 fully saturated rings. The number of nitrogens with two attached hydrogens (primary N) is 1. The number of ether oxygens (including phenoxy) is 2. The van der Waals surface area contributed by atoms with Gasteiger partial charge < -0.3 is 15.2 Å². The fraction of sp³-hybridized carbons (Fsp3) is 0.533. The topological polar surface area (TPSA) is 61.5 Å². The molecule has 1 aromatic rings. The minimum absolute atomic E-state index is 0.0854. The van der Waals surface area contributed by atoms with Crippen LogP contribution in [0.5, 0.6) is 5.75 Å². The highest BCUT2D eigenvalue weighted by Crippen LogP contribution is 2.24. The van der Waals surface area contributed by atoms with Gasteiger partial charge in [0.1, 0.15) is 17.9 Å². The minimum Gasteiger partial charge on any atom is -0.491 e. The summed E-state index contributed by atoms with van der Waals surface area (Å²) in [5.74, 6) is 0.699. The van der Waals surface area contributed by atoms with E-state index in [1.165, 1.54) is 12.7 Å². The third-order valence-corrected chi connectivity index (χ3v) is 3.06. The molecule has 0 saturated heterocycles. The summed E-state index contributed by atoms with van der Waals surface area (Å²) in [6.07, 6.45) is 0. The molecular weight excluding hydrogens is 242 g/mol. The molecule has 2 N–H and O–H groups in total. The van der Waals surface area contributed by atoms with Crippen molar-refractivity contribution in [1.82, 2.24) is 0 Å². The molecular formula is C15H23NO3. The van der Waals surface area contributed by atoms with E-state index in [1.807, 2.05) is 19.1 Å². The molecule has 4 nitrogen and oxygen atoms in total. The van der Waals surface area contributed by atoms with Gasteiger partial charge in [-0.2, -0.15) is 0 Å². The van der Waals surface area contributed by atoms with Gasteiger partial charge in [-0.15, -0.1) is 0 Å². The number of methoxy groups -OCH3 is 1. The van der Waals surface area contributed by atoms with Crippen LogP contribution in [0.1, 0.15) is 37.8 Å². The maximum absolute atomic E-state index is 11.5. The third kappa shape index (κ3) is 3.96. The van der Waals surface area contributed by atoms with Crippen LogP contribution in [-0.2, 0) is 9.53 Å². The van der Waals surface area contributed by atoms with E-state index < -0.39 is 11.5 Å². The number of esters is 1. The molecule has 0 spiro atoms. The van der Waals surface area contributed by atoms with E-state index in [0.717, 1.165) is 11.3 Å². The average molecular weight is 265 g/mol. The van der Waals surface area contributed by atoms with Gasteiger partial charge in [0.2, 0.25) is 0 Å². The Hall–Kier alpha value is -1.55. The van der Waals surface area contributed by atoms with E-state index in [-0.39, 0.29) is 6.61 Å². The van der Waals surface area contributed by atoms with Gasteiger partial charge in [0, 0.05) is 0 Å². The van der Waals surface area contributed by atoms with Crippen LogP contribution in [0.25, 0.3) is 0 Å². The zero-order chi connectivity index (χ0) is 14.6. The smallest absolute Gasteiger partial charge is 0.329 e. The number of carbonyl (C=O) groups excluding carboxylic acids is 1. The Labute approximate surface area is 114 Å². The van der Waals surface area contributed by atoms with Crippen LogP contribution in [0.2, 0.25) is 0 Å². The van der Waals surface area contributed by atoms with Crippen molar-refractivity contribution in [2.24, 2.45) is 5.73 Å².